The first-order valence-electron chi connectivity index (χ1n) is 8.85. The fourth-order valence-electron chi connectivity index (χ4n) is 3.14. The zero-order chi connectivity index (χ0) is 16.5. The average Bonchev–Trinajstić information content (AvgIpc) is 2.55. The van der Waals surface area contributed by atoms with E-state index in [4.69, 9.17) is 4.74 Å². The molecule has 4 nitrogen and oxygen atoms in total. The minimum atomic E-state index is -0.141. The molecule has 1 aliphatic rings. The fourth-order valence-corrected chi connectivity index (χ4v) is 3.14. The van der Waals surface area contributed by atoms with Crippen LogP contribution in [0.1, 0.15) is 57.4 Å². The molecule has 4 heteroatoms. The summed E-state index contributed by atoms with van der Waals surface area (Å²) >= 11 is 0. The van der Waals surface area contributed by atoms with E-state index in [1.54, 1.807) is 7.11 Å². The van der Waals surface area contributed by atoms with Crippen molar-refractivity contribution >= 4 is 5.91 Å². The van der Waals surface area contributed by atoms with Crippen LogP contribution in [0, 0.1) is 0 Å². The van der Waals surface area contributed by atoms with Gasteiger partial charge in [0.1, 0.15) is 5.75 Å². The molecule has 2 N–H and O–H groups in total. The van der Waals surface area contributed by atoms with E-state index in [-0.39, 0.29) is 11.9 Å². The Balaban J connectivity index is 1.74. The van der Waals surface area contributed by atoms with Gasteiger partial charge in [0.15, 0.2) is 0 Å². The second kappa shape index (κ2) is 9.56. The Morgan fingerprint density at radius 2 is 1.74 bits per heavy atom. The molecular formula is C19H30N2O2. The zero-order valence-electron chi connectivity index (χ0n) is 14.4. The molecule has 0 aromatic heterocycles. The maximum atomic E-state index is 12.3. The number of amides is 1. The molecule has 23 heavy (non-hydrogen) atoms. The molecule has 1 amide bonds. The quantitative estimate of drug-likeness (QED) is 0.845. The maximum Gasteiger partial charge on any atom is 0.237 e. The molecule has 1 aliphatic carbocycles. The van der Waals surface area contributed by atoms with Crippen molar-refractivity contribution in [3.63, 3.8) is 0 Å². The van der Waals surface area contributed by atoms with Gasteiger partial charge in [0, 0.05) is 12.6 Å². The van der Waals surface area contributed by atoms with Crippen LogP contribution >= 0.6 is 0 Å². The molecule has 1 aromatic rings. The minimum absolute atomic E-state index is 0.0721. The van der Waals surface area contributed by atoms with Crippen molar-refractivity contribution in [2.45, 2.75) is 70.5 Å². The smallest absolute Gasteiger partial charge is 0.237 e. The number of nitrogens with one attached hydrogen (secondary N) is 2. The van der Waals surface area contributed by atoms with E-state index in [0.29, 0.717) is 12.6 Å². The highest BCUT2D eigenvalue weighted by Gasteiger charge is 2.18. The van der Waals surface area contributed by atoms with Gasteiger partial charge in [0.2, 0.25) is 5.91 Å². The predicted molar refractivity (Wildman–Crippen MR) is 93.5 cm³/mol. The summed E-state index contributed by atoms with van der Waals surface area (Å²) in [6, 6.07) is 8.13. The number of methoxy groups -OCH3 is 1. The van der Waals surface area contributed by atoms with Crippen molar-refractivity contribution in [1.29, 1.82) is 0 Å². The molecule has 0 radical (unpaired) electrons. The van der Waals surface area contributed by atoms with Crippen molar-refractivity contribution in [3.05, 3.63) is 29.8 Å². The normalized spacial score (nSPS) is 17.8. The first-order chi connectivity index (χ1) is 11.2. The predicted octanol–water partition coefficient (Wildman–Crippen LogP) is 3.40. The van der Waals surface area contributed by atoms with Gasteiger partial charge in [-0.05, 0) is 37.5 Å². The number of hydrogen-bond acceptors (Lipinski definition) is 3. The van der Waals surface area contributed by atoms with Crippen LogP contribution in [0.25, 0.3) is 0 Å². The van der Waals surface area contributed by atoms with E-state index < -0.39 is 0 Å². The summed E-state index contributed by atoms with van der Waals surface area (Å²) in [5, 5.41) is 6.52. The highest BCUT2D eigenvalue weighted by Crippen LogP contribution is 2.17. The summed E-state index contributed by atoms with van der Waals surface area (Å²) in [5.74, 6) is 0.905. The molecule has 0 heterocycles. The van der Waals surface area contributed by atoms with Gasteiger partial charge in [-0.2, -0.15) is 0 Å². The second-order valence-electron chi connectivity index (χ2n) is 6.50. The van der Waals surface area contributed by atoms with E-state index in [2.05, 4.69) is 10.6 Å². The van der Waals surface area contributed by atoms with Crippen LogP contribution in [-0.4, -0.2) is 25.1 Å². The number of hydrogen-bond donors (Lipinski definition) is 2. The highest BCUT2D eigenvalue weighted by atomic mass is 16.5. The fraction of sp³-hybridized carbons (Fsp3) is 0.632. The molecule has 2 rings (SSSR count). The summed E-state index contributed by atoms with van der Waals surface area (Å²) in [5.41, 5.74) is 1.08. The Morgan fingerprint density at radius 1 is 1.13 bits per heavy atom. The van der Waals surface area contributed by atoms with Crippen LogP contribution in [0.2, 0.25) is 0 Å². The third-order valence-corrected chi connectivity index (χ3v) is 4.61. The molecule has 0 aliphatic heterocycles. The highest BCUT2D eigenvalue weighted by molar-refractivity contribution is 5.81. The van der Waals surface area contributed by atoms with Crippen LogP contribution in [-0.2, 0) is 11.3 Å². The lowest BCUT2D eigenvalue weighted by Crippen LogP contribution is -2.46. The molecule has 1 atom stereocenters. The van der Waals surface area contributed by atoms with Gasteiger partial charge in [-0.25, -0.2) is 0 Å². The Labute approximate surface area is 140 Å². The molecule has 0 unspecified atom stereocenters. The Morgan fingerprint density at radius 3 is 2.35 bits per heavy atom. The first kappa shape index (κ1) is 17.8. The molecule has 0 bridgehead atoms. The minimum Gasteiger partial charge on any atom is -0.497 e. The molecule has 1 fully saturated rings. The summed E-state index contributed by atoms with van der Waals surface area (Å²) in [6.07, 6.45) is 8.96. The summed E-state index contributed by atoms with van der Waals surface area (Å²) < 4.78 is 5.14. The first-order valence-corrected chi connectivity index (χ1v) is 8.85. The molecule has 0 saturated heterocycles. The van der Waals surface area contributed by atoms with Crippen molar-refractivity contribution < 1.29 is 9.53 Å². The van der Waals surface area contributed by atoms with Gasteiger partial charge in [0.05, 0.1) is 13.2 Å². The van der Waals surface area contributed by atoms with Crippen LogP contribution in [0.5, 0.6) is 5.75 Å². The van der Waals surface area contributed by atoms with Gasteiger partial charge in [-0.1, -0.05) is 44.2 Å². The van der Waals surface area contributed by atoms with Crippen LogP contribution in [0.4, 0.5) is 0 Å². The molecule has 0 spiro atoms. The molecule has 1 aromatic carbocycles. The number of benzene rings is 1. The van der Waals surface area contributed by atoms with Gasteiger partial charge < -0.3 is 15.4 Å². The lowest BCUT2D eigenvalue weighted by molar-refractivity contribution is -0.123. The summed E-state index contributed by atoms with van der Waals surface area (Å²) in [7, 11) is 1.65. The number of carbonyl (C=O) groups is 1. The van der Waals surface area contributed by atoms with Crippen molar-refractivity contribution in [2.75, 3.05) is 7.11 Å². The van der Waals surface area contributed by atoms with E-state index in [0.717, 1.165) is 11.3 Å². The Bertz CT molecular complexity index is 465. The van der Waals surface area contributed by atoms with Gasteiger partial charge in [-0.3, -0.25) is 4.79 Å². The number of carbonyl (C=O) groups excluding carboxylic acids is 1. The van der Waals surface area contributed by atoms with Crippen LogP contribution in [0.3, 0.4) is 0 Å². The Hall–Kier alpha value is -1.55. The second-order valence-corrected chi connectivity index (χ2v) is 6.50. The van der Waals surface area contributed by atoms with Gasteiger partial charge >= 0.3 is 0 Å². The van der Waals surface area contributed by atoms with Gasteiger partial charge in [-0.15, -0.1) is 0 Å². The van der Waals surface area contributed by atoms with E-state index in [1.165, 1.54) is 44.9 Å². The topological polar surface area (TPSA) is 50.4 Å². The SMILES string of the molecule is COc1ccc(CNC(=O)[C@@H](C)NC2CCCCCCC2)cc1. The van der Waals surface area contributed by atoms with E-state index in [9.17, 15) is 4.79 Å². The lowest BCUT2D eigenvalue weighted by Gasteiger charge is -2.24. The third kappa shape index (κ3) is 6.22. The van der Waals surface area contributed by atoms with E-state index in [1.807, 2.05) is 31.2 Å². The molecular weight excluding hydrogens is 288 g/mol. The van der Waals surface area contributed by atoms with Crippen LogP contribution in [0.15, 0.2) is 24.3 Å². The summed E-state index contributed by atoms with van der Waals surface area (Å²) in [6.45, 7) is 2.52. The van der Waals surface area contributed by atoms with E-state index >= 15 is 0 Å². The van der Waals surface area contributed by atoms with Gasteiger partial charge in [0.25, 0.3) is 0 Å². The van der Waals surface area contributed by atoms with Crippen molar-refractivity contribution in [3.8, 4) is 5.75 Å². The lowest BCUT2D eigenvalue weighted by atomic mass is 9.96. The van der Waals surface area contributed by atoms with Crippen molar-refractivity contribution in [2.24, 2.45) is 0 Å². The zero-order valence-corrected chi connectivity index (χ0v) is 14.4. The van der Waals surface area contributed by atoms with Crippen LogP contribution < -0.4 is 15.4 Å². The maximum absolute atomic E-state index is 12.3. The largest absolute Gasteiger partial charge is 0.497 e. The third-order valence-electron chi connectivity index (χ3n) is 4.61. The van der Waals surface area contributed by atoms with Crippen molar-refractivity contribution in [1.82, 2.24) is 10.6 Å². The molecule has 1 saturated carbocycles. The number of ether oxygens (including phenoxy) is 1. The standard InChI is InChI=1S/C19H30N2O2/c1-15(21-17-8-6-4-3-5-7-9-17)19(22)20-14-16-10-12-18(23-2)13-11-16/h10-13,15,17,21H,3-9,14H2,1-2H3,(H,20,22)/t15-/m1/s1. The monoisotopic (exact) mass is 318 g/mol. The number of rotatable bonds is 6. The molecule has 128 valence electrons. The average molecular weight is 318 g/mol. The summed E-state index contributed by atoms with van der Waals surface area (Å²) in [4.78, 5) is 12.3. The Kier molecular flexibility index (Phi) is 7.40.